The van der Waals surface area contributed by atoms with Crippen molar-refractivity contribution in [1.29, 1.82) is 0 Å². The number of hydrogen-bond acceptors (Lipinski definition) is 8. The van der Waals surface area contributed by atoms with Crippen molar-refractivity contribution in [3.63, 3.8) is 0 Å². The van der Waals surface area contributed by atoms with Crippen molar-refractivity contribution in [2.75, 3.05) is 33.4 Å². The Balaban J connectivity index is 1.03. The second kappa shape index (κ2) is 12.9. The van der Waals surface area contributed by atoms with Crippen LogP contribution in [-0.4, -0.2) is 13.3 Å². The third-order valence-electron chi connectivity index (χ3n) is 10.4. The van der Waals surface area contributed by atoms with Gasteiger partial charge in [0.2, 0.25) is 0 Å². The largest absolute Gasteiger partial charge is 0.286 e. The van der Waals surface area contributed by atoms with E-state index in [1.54, 1.807) is 0 Å². The van der Waals surface area contributed by atoms with E-state index in [-0.39, 0.29) is 17.7 Å². The summed E-state index contributed by atoms with van der Waals surface area (Å²) in [7, 11) is 0. The lowest BCUT2D eigenvalue weighted by atomic mass is 9.81. The topological polar surface area (TPSA) is 61.1 Å². The standard InChI is InChI=1S/C43H42N8/c1-43(2)39-27-31(41-44-48(33-15-7-3-8-16-33)29-49(45-41)34-17-9-4-10-18-34)23-25-37(39)38-26-24-32(28-40(38)43)42-46-50(35-19-11-5-12-20-35)30-51(47-42)36-21-13-6-14-22-36/h3-28,41-42,44-47H,29-30H2,1-2H3. The van der Waals surface area contributed by atoms with E-state index in [1.807, 2.05) is 0 Å². The normalized spacial score (nSPS) is 17.4. The van der Waals surface area contributed by atoms with E-state index in [0.717, 1.165) is 22.7 Å². The molecule has 4 N–H and O–H groups in total. The van der Waals surface area contributed by atoms with Crippen LogP contribution in [0, 0.1) is 0 Å². The molecule has 254 valence electrons. The second-order valence-corrected chi connectivity index (χ2v) is 14.0. The van der Waals surface area contributed by atoms with Crippen LogP contribution < -0.4 is 41.7 Å². The van der Waals surface area contributed by atoms with E-state index in [9.17, 15) is 0 Å². The molecule has 1 aliphatic carbocycles. The molecule has 9 rings (SSSR count). The summed E-state index contributed by atoms with van der Waals surface area (Å²) in [6.45, 7) is 6.02. The van der Waals surface area contributed by atoms with Crippen molar-refractivity contribution in [3.05, 3.63) is 180 Å². The Kier molecular flexibility index (Phi) is 7.94. The minimum absolute atomic E-state index is 0.136. The molecule has 2 aliphatic heterocycles. The van der Waals surface area contributed by atoms with Crippen molar-refractivity contribution < 1.29 is 0 Å². The van der Waals surface area contributed by atoms with Crippen molar-refractivity contribution in [2.45, 2.75) is 31.6 Å². The van der Waals surface area contributed by atoms with Crippen LogP contribution in [-0.2, 0) is 5.41 Å². The van der Waals surface area contributed by atoms with Crippen LogP contribution in [0.2, 0.25) is 0 Å². The summed E-state index contributed by atoms with van der Waals surface area (Å²) in [6, 6.07) is 56.0. The third-order valence-corrected chi connectivity index (χ3v) is 10.4. The van der Waals surface area contributed by atoms with E-state index in [4.69, 9.17) is 0 Å². The first-order valence-corrected chi connectivity index (χ1v) is 17.7. The summed E-state index contributed by atoms with van der Waals surface area (Å²) < 4.78 is 0. The summed E-state index contributed by atoms with van der Waals surface area (Å²) in [6.07, 6.45) is -0.272. The number of nitrogens with zero attached hydrogens (tertiary/aromatic N) is 4. The van der Waals surface area contributed by atoms with Crippen LogP contribution in [0.1, 0.15) is 48.4 Å². The zero-order valence-corrected chi connectivity index (χ0v) is 28.9. The highest BCUT2D eigenvalue weighted by atomic mass is 15.7. The zero-order valence-electron chi connectivity index (χ0n) is 28.9. The number of para-hydroxylation sites is 4. The first-order valence-electron chi connectivity index (χ1n) is 17.7. The predicted octanol–water partition coefficient (Wildman–Crippen LogP) is 7.98. The smallest absolute Gasteiger partial charge is 0.120 e. The molecule has 6 aromatic carbocycles. The van der Waals surface area contributed by atoms with Crippen molar-refractivity contribution in [3.8, 4) is 11.1 Å². The first kappa shape index (κ1) is 31.3. The van der Waals surface area contributed by atoms with E-state index >= 15 is 0 Å². The van der Waals surface area contributed by atoms with Gasteiger partial charge in [0.05, 0.1) is 22.7 Å². The quantitative estimate of drug-likeness (QED) is 0.142. The summed E-state index contributed by atoms with van der Waals surface area (Å²) in [5, 5.41) is 8.87. The Morgan fingerprint density at radius 1 is 0.412 bits per heavy atom. The van der Waals surface area contributed by atoms with Gasteiger partial charge in [-0.05, 0) is 81.9 Å². The SMILES string of the molecule is CC1(C)c2cc(C3NN(c4ccccc4)CN(c4ccccc4)N3)ccc2-c2ccc(C3NN(c4ccccc4)CN(c4ccccc4)N3)cc21. The molecule has 0 bridgehead atoms. The zero-order chi connectivity index (χ0) is 34.4. The summed E-state index contributed by atoms with van der Waals surface area (Å²) in [5.41, 5.74) is 27.0. The van der Waals surface area contributed by atoms with Crippen LogP contribution in [0.15, 0.2) is 158 Å². The number of hydrogen-bond donors (Lipinski definition) is 4. The van der Waals surface area contributed by atoms with Crippen LogP contribution in [0.25, 0.3) is 11.1 Å². The van der Waals surface area contributed by atoms with E-state index < -0.39 is 0 Å². The Hall–Kier alpha value is -5.64. The Bertz CT molecular complexity index is 1880. The fourth-order valence-electron chi connectivity index (χ4n) is 7.61. The molecule has 51 heavy (non-hydrogen) atoms. The van der Waals surface area contributed by atoms with Crippen LogP contribution >= 0.6 is 0 Å². The average molecular weight is 671 g/mol. The summed E-state index contributed by atoms with van der Waals surface area (Å²) in [4.78, 5) is 0. The van der Waals surface area contributed by atoms with Gasteiger partial charge in [0.1, 0.15) is 25.7 Å². The van der Waals surface area contributed by atoms with Gasteiger partial charge in [-0.1, -0.05) is 123 Å². The summed E-state index contributed by atoms with van der Waals surface area (Å²) in [5.74, 6) is 0. The Morgan fingerprint density at radius 2 is 0.706 bits per heavy atom. The molecule has 2 saturated heterocycles. The lowest BCUT2D eigenvalue weighted by molar-refractivity contribution is 0.348. The van der Waals surface area contributed by atoms with Gasteiger partial charge in [-0.25, -0.2) is 21.7 Å². The molecule has 0 unspecified atom stereocenters. The molecule has 0 atom stereocenters. The molecule has 0 aromatic heterocycles. The Labute approximate surface area is 299 Å². The number of benzene rings is 6. The van der Waals surface area contributed by atoms with Gasteiger partial charge in [0.15, 0.2) is 0 Å². The van der Waals surface area contributed by atoms with E-state index in [0.29, 0.717) is 13.3 Å². The number of anilines is 4. The molecule has 6 aromatic rings. The molecule has 2 fully saturated rings. The highest BCUT2D eigenvalue weighted by Gasteiger charge is 2.38. The second-order valence-electron chi connectivity index (χ2n) is 14.0. The maximum absolute atomic E-state index is 3.77. The van der Waals surface area contributed by atoms with Gasteiger partial charge >= 0.3 is 0 Å². The molecule has 0 spiro atoms. The fourth-order valence-corrected chi connectivity index (χ4v) is 7.61. The maximum atomic E-state index is 3.77. The lowest BCUT2D eigenvalue weighted by Crippen LogP contribution is -2.62. The number of fused-ring (bicyclic) bond motifs is 3. The van der Waals surface area contributed by atoms with Crippen molar-refractivity contribution >= 4 is 22.7 Å². The Morgan fingerprint density at radius 3 is 1.00 bits per heavy atom. The predicted molar refractivity (Wildman–Crippen MR) is 207 cm³/mol. The molecule has 0 radical (unpaired) electrons. The van der Waals surface area contributed by atoms with Gasteiger partial charge in [-0.3, -0.25) is 20.0 Å². The number of nitrogens with one attached hydrogen (secondary N) is 4. The minimum Gasteiger partial charge on any atom is -0.286 e. The summed E-state index contributed by atoms with van der Waals surface area (Å²) >= 11 is 0. The highest BCUT2D eigenvalue weighted by molar-refractivity contribution is 5.81. The molecule has 2 heterocycles. The highest BCUT2D eigenvalue weighted by Crippen LogP contribution is 2.50. The third kappa shape index (κ3) is 5.88. The van der Waals surface area contributed by atoms with Crippen LogP contribution in [0.5, 0.6) is 0 Å². The van der Waals surface area contributed by atoms with Gasteiger partial charge in [-0.2, -0.15) is 0 Å². The monoisotopic (exact) mass is 670 g/mol. The molecule has 8 nitrogen and oxygen atoms in total. The first-order chi connectivity index (χ1) is 25.0. The molecular formula is C43H42N8. The van der Waals surface area contributed by atoms with Gasteiger partial charge in [-0.15, -0.1) is 0 Å². The van der Waals surface area contributed by atoms with Crippen LogP contribution in [0.3, 0.4) is 0 Å². The molecular weight excluding hydrogens is 629 g/mol. The molecule has 8 heteroatoms. The average Bonchev–Trinajstić information content (AvgIpc) is 3.43. The van der Waals surface area contributed by atoms with Gasteiger partial charge < -0.3 is 0 Å². The molecule has 0 saturated carbocycles. The van der Waals surface area contributed by atoms with Crippen molar-refractivity contribution in [2.24, 2.45) is 0 Å². The number of rotatable bonds is 6. The maximum Gasteiger partial charge on any atom is 0.120 e. The molecule has 3 aliphatic rings. The van der Waals surface area contributed by atoms with Gasteiger partial charge in [0.25, 0.3) is 0 Å². The van der Waals surface area contributed by atoms with Crippen molar-refractivity contribution in [1.82, 2.24) is 21.7 Å². The fraction of sp³-hybridized carbons (Fsp3) is 0.163. The lowest BCUT2D eigenvalue weighted by Gasteiger charge is -2.44. The van der Waals surface area contributed by atoms with Crippen LogP contribution in [0.4, 0.5) is 22.7 Å². The van der Waals surface area contributed by atoms with E-state index in [2.05, 4.69) is 213 Å². The van der Waals surface area contributed by atoms with Gasteiger partial charge in [0, 0.05) is 5.41 Å². The molecule has 0 amide bonds. The van der Waals surface area contributed by atoms with E-state index in [1.165, 1.54) is 33.4 Å². The minimum atomic E-state index is -0.198. The number of hydrazine groups is 4.